The highest BCUT2D eigenvalue weighted by Gasteiger charge is 2.16. The van der Waals surface area contributed by atoms with E-state index in [1.807, 2.05) is 0 Å². The average molecular weight is 385 g/mol. The monoisotopic (exact) mass is 385 g/mol. The molecule has 1 aromatic heterocycles. The Bertz CT molecular complexity index is 1070. The number of anilines is 1. The number of thiocarbonyl (C=S) groups is 1. The minimum atomic E-state index is -0.545. The summed E-state index contributed by atoms with van der Waals surface area (Å²) in [5, 5.41) is 7.92. The minimum absolute atomic E-state index is 0.101. The fourth-order valence-corrected chi connectivity index (χ4v) is 2.65. The quantitative estimate of drug-likeness (QED) is 0.473. The molecule has 0 aliphatic carbocycles. The first-order valence-corrected chi connectivity index (χ1v) is 8.53. The second kappa shape index (κ2) is 7.92. The molecule has 27 heavy (non-hydrogen) atoms. The molecule has 0 aliphatic heterocycles. The van der Waals surface area contributed by atoms with Crippen molar-refractivity contribution < 1.29 is 9.18 Å². The van der Waals surface area contributed by atoms with Gasteiger partial charge in [0, 0.05) is 17.6 Å². The molecule has 3 aromatic rings. The van der Waals surface area contributed by atoms with Gasteiger partial charge in [-0.3, -0.25) is 20.4 Å². The zero-order valence-electron chi connectivity index (χ0n) is 14.3. The number of carbonyl (C=O) groups is 1. The van der Waals surface area contributed by atoms with Crippen LogP contribution in [0, 0.1) is 5.82 Å². The lowest BCUT2D eigenvalue weighted by Gasteiger charge is -2.13. The Labute approximate surface area is 159 Å². The molecule has 0 saturated carbocycles. The summed E-state index contributed by atoms with van der Waals surface area (Å²) < 4.78 is 14.1. The van der Waals surface area contributed by atoms with Crippen molar-refractivity contribution >= 4 is 39.7 Å². The van der Waals surface area contributed by atoms with Crippen LogP contribution in [0.25, 0.3) is 10.8 Å². The van der Waals surface area contributed by atoms with Gasteiger partial charge in [0.1, 0.15) is 5.82 Å². The highest BCUT2D eigenvalue weighted by atomic mass is 32.1. The third-order valence-corrected chi connectivity index (χ3v) is 3.98. The lowest BCUT2D eigenvalue weighted by molar-refractivity contribution is 0.0938. The minimum Gasteiger partial charge on any atom is -0.331 e. The number of hydrogen-bond acceptors (Lipinski definition) is 4. The first-order chi connectivity index (χ1) is 13.0. The second-order valence-electron chi connectivity index (χ2n) is 5.56. The van der Waals surface area contributed by atoms with Crippen LogP contribution in [0.1, 0.15) is 17.4 Å². The smallest absolute Gasteiger partial charge is 0.290 e. The lowest BCUT2D eigenvalue weighted by Crippen LogP contribution is -2.44. The number of aryl methyl sites for hydroxylation is 1. The number of benzene rings is 2. The second-order valence-corrected chi connectivity index (χ2v) is 5.96. The molecule has 7 nitrogen and oxygen atoms in total. The molecular formula is C18H16FN5O2S. The van der Waals surface area contributed by atoms with Crippen molar-refractivity contribution in [3.8, 4) is 0 Å². The molecule has 138 valence electrons. The molecule has 0 aliphatic rings. The van der Waals surface area contributed by atoms with E-state index in [0.717, 1.165) is 0 Å². The van der Waals surface area contributed by atoms with Gasteiger partial charge in [-0.2, -0.15) is 5.10 Å². The van der Waals surface area contributed by atoms with Crippen molar-refractivity contribution in [3.63, 3.8) is 0 Å². The summed E-state index contributed by atoms with van der Waals surface area (Å²) in [6, 6.07) is 12.4. The van der Waals surface area contributed by atoms with E-state index in [-0.39, 0.29) is 22.2 Å². The van der Waals surface area contributed by atoms with Crippen LogP contribution < -0.4 is 21.7 Å². The van der Waals surface area contributed by atoms with Gasteiger partial charge in [-0.15, -0.1) is 0 Å². The van der Waals surface area contributed by atoms with Gasteiger partial charge in [0.25, 0.3) is 11.5 Å². The molecule has 0 fully saturated rings. The fraction of sp³-hybridized carbons (Fsp3) is 0.111. The normalized spacial score (nSPS) is 10.4. The summed E-state index contributed by atoms with van der Waals surface area (Å²) in [7, 11) is 0. The Morgan fingerprint density at radius 1 is 1.11 bits per heavy atom. The van der Waals surface area contributed by atoms with Crippen LogP contribution in [-0.2, 0) is 6.54 Å². The maximum Gasteiger partial charge on any atom is 0.290 e. The molecule has 0 atom stereocenters. The highest BCUT2D eigenvalue weighted by molar-refractivity contribution is 7.80. The van der Waals surface area contributed by atoms with E-state index in [2.05, 4.69) is 21.3 Å². The van der Waals surface area contributed by atoms with Gasteiger partial charge in [-0.25, -0.2) is 9.07 Å². The topological polar surface area (TPSA) is 88.1 Å². The standard InChI is InChI=1S/C18H16FN5O2S/c1-2-24-17(26)14-6-4-3-5-13(14)15(23-24)16(25)21-22-18(27)20-12-9-7-11(19)8-10-12/h3-10H,2H2,1H3,(H,21,25)(H2,20,22,27). The van der Waals surface area contributed by atoms with Crippen LogP contribution in [0.5, 0.6) is 0 Å². The van der Waals surface area contributed by atoms with Gasteiger partial charge in [-0.1, -0.05) is 18.2 Å². The van der Waals surface area contributed by atoms with Crippen LogP contribution in [0.3, 0.4) is 0 Å². The summed E-state index contributed by atoms with van der Waals surface area (Å²) >= 11 is 5.10. The van der Waals surface area contributed by atoms with Crippen LogP contribution in [0.4, 0.5) is 10.1 Å². The van der Waals surface area contributed by atoms with Crippen molar-refractivity contribution in [1.29, 1.82) is 0 Å². The van der Waals surface area contributed by atoms with E-state index in [0.29, 0.717) is 23.0 Å². The van der Waals surface area contributed by atoms with E-state index in [9.17, 15) is 14.0 Å². The van der Waals surface area contributed by atoms with Gasteiger partial charge in [-0.05, 0) is 49.5 Å². The Hall–Kier alpha value is -3.33. The third-order valence-electron chi connectivity index (χ3n) is 3.77. The van der Waals surface area contributed by atoms with E-state index >= 15 is 0 Å². The van der Waals surface area contributed by atoms with E-state index < -0.39 is 5.91 Å². The number of rotatable bonds is 3. The number of hydrogen-bond donors (Lipinski definition) is 3. The van der Waals surface area contributed by atoms with E-state index in [1.165, 1.54) is 28.9 Å². The van der Waals surface area contributed by atoms with Crippen molar-refractivity contribution in [3.05, 3.63) is 70.4 Å². The largest absolute Gasteiger partial charge is 0.331 e. The molecule has 1 amide bonds. The number of nitrogens with one attached hydrogen (secondary N) is 3. The first-order valence-electron chi connectivity index (χ1n) is 8.12. The number of aromatic nitrogens is 2. The van der Waals surface area contributed by atoms with Gasteiger partial charge in [0.2, 0.25) is 0 Å². The summed E-state index contributed by atoms with van der Waals surface area (Å²) in [5.74, 6) is -0.909. The Kier molecular flexibility index (Phi) is 5.41. The molecule has 0 radical (unpaired) electrons. The SMILES string of the molecule is CCn1nc(C(=O)NNC(=S)Nc2ccc(F)cc2)c2ccccc2c1=O. The summed E-state index contributed by atoms with van der Waals surface area (Å²) in [4.78, 5) is 24.9. The molecule has 3 N–H and O–H groups in total. The predicted octanol–water partition coefficient (Wildman–Crippen LogP) is 2.19. The maximum atomic E-state index is 12.9. The average Bonchev–Trinajstić information content (AvgIpc) is 2.68. The predicted molar refractivity (Wildman–Crippen MR) is 105 cm³/mol. The van der Waals surface area contributed by atoms with Crippen molar-refractivity contribution in [2.75, 3.05) is 5.32 Å². The van der Waals surface area contributed by atoms with Crippen molar-refractivity contribution in [2.24, 2.45) is 0 Å². The Balaban J connectivity index is 1.76. The Morgan fingerprint density at radius 3 is 2.44 bits per heavy atom. The molecule has 9 heteroatoms. The van der Waals surface area contributed by atoms with Crippen LogP contribution >= 0.6 is 12.2 Å². The summed E-state index contributed by atoms with van der Waals surface area (Å²) in [6.07, 6.45) is 0. The molecular weight excluding hydrogens is 369 g/mol. The third kappa shape index (κ3) is 4.09. The zero-order valence-corrected chi connectivity index (χ0v) is 15.1. The van der Waals surface area contributed by atoms with Crippen LogP contribution in [0.2, 0.25) is 0 Å². The van der Waals surface area contributed by atoms with Crippen LogP contribution in [-0.4, -0.2) is 20.8 Å². The molecule has 0 saturated heterocycles. The number of amides is 1. The number of fused-ring (bicyclic) bond motifs is 1. The maximum absolute atomic E-state index is 12.9. The zero-order chi connectivity index (χ0) is 19.4. The Morgan fingerprint density at radius 2 is 1.78 bits per heavy atom. The number of halogens is 1. The van der Waals surface area contributed by atoms with E-state index in [4.69, 9.17) is 12.2 Å². The van der Waals surface area contributed by atoms with E-state index in [1.54, 1.807) is 31.2 Å². The number of carbonyl (C=O) groups excluding carboxylic acids is 1. The van der Waals surface area contributed by atoms with Gasteiger partial charge in [0.15, 0.2) is 10.8 Å². The first kappa shape index (κ1) is 18.5. The molecule has 0 bridgehead atoms. The van der Waals surface area contributed by atoms with Gasteiger partial charge < -0.3 is 5.32 Å². The molecule has 2 aromatic carbocycles. The lowest BCUT2D eigenvalue weighted by atomic mass is 10.1. The summed E-state index contributed by atoms with van der Waals surface area (Å²) in [5.41, 5.74) is 5.41. The van der Waals surface area contributed by atoms with Crippen molar-refractivity contribution in [1.82, 2.24) is 20.6 Å². The molecule has 1 heterocycles. The van der Waals surface area contributed by atoms with Crippen molar-refractivity contribution in [2.45, 2.75) is 13.5 Å². The summed E-state index contributed by atoms with van der Waals surface area (Å²) in [6.45, 7) is 2.10. The molecule has 0 unspecified atom stereocenters. The number of nitrogens with zero attached hydrogens (tertiary/aromatic N) is 2. The van der Waals surface area contributed by atoms with Gasteiger partial charge in [0.05, 0.1) is 5.39 Å². The van der Waals surface area contributed by atoms with Gasteiger partial charge >= 0.3 is 0 Å². The molecule has 3 rings (SSSR count). The molecule has 0 spiro atoms. The highest BCUT2D eigenvalue weighted by Crippen LogP contribution is 2.13. The fourth-order valence-electron chi connectivity index (χ4n) is 2.49. The van der Waals surface area contributed by atoms with Crippen LogP contribution in [0.15, 0.2) is 53.3 Å². The number of hydrazine groups is 1.